The number of likely N-dealkylation sites (tertiary alicyclic amines) is 1. The predicted molar refractivity (Wildman–Crippen MR) is 136 cm³/mol. The first-order chi connectivity index (χ1) is 18.2. The molecule has 0 unspecified atom stereocenters. The van der Waals surface area contributed by atoms with Gasteiger partial charge < -0.3 is 24.2 Å². The number of hydrogen-bond donors (Lipinski definition) is 1. The van der Waals surface area contributed by atoms with Gasteiger partial charge >= 0.3 is 12.1 Å². The normalized spacial score (nSPS) is 17.2. The number of imide groups is 1. The average molecular weight is 543 g/mol. The molecule has 2 aromatic rings. The fraction of sp³-hybridized carbons (Fsp3) is 0.360. The first-order valence-electron chi connectivity index (χ1n) is 11.9. The fourth-order valence-electron chi connectivity index (χ4n) is 3.87. The van der Waals surface area contributed by atoms with Crippen molar-refractivity contribution in [1.29, 1.82) is 0 Å². The van der Waals surface area contributed by atoms with Crippen molar-refractivity contribution in [1.82, 2.24) is 19.8 Å². The van der Waals surface area contributed by atoms with Gasteiger partial charge in [0.05, 0.1) is 17.1 Å². The third-order valence-electron chi connectivity index (χ3n) is 5.82. The molecule has 1 N–H and O–H groups in total. The van der Waals surface area contributed by atoms with Gasteiger partial charge in [-0.15, -0.1) is 0 Å². The maximum absolute atomic E-state index is 12.6. The molecule has 2 fully saturated rings. The number of piperidine rings is 1. The maximum atomic E-state index is 12.6. The number of carbonyl (C=O) groups is 4. The van der Waals surface area contributed by atoms with E-state index in [0.29, 0.717) is 48.7 Å². The maximum Gasteiger partial charge on any atom is 0.407 e. The van der Waals surface area contributed by atoms with Crippen molar-refractivity contribution in [2.45, 2.75) is 32.8 Å². The number of esters is 1. The van der Waals surface area contributed by atoms with Gasteiger partial charge in [-0.25, -0.2) is 14.8 Å². The van der Waals surface area contributed by atoms with Crippen molar-refractivity contribution in [3.05, 3.63) is 46.6 Å². The Hall–Kier alpha value is -4.13. The molecule has 0 aliphatic carbocycles. The van der Waals surface area contributed by atoms with Gasteiger partial charge in [0.1, 0.15) is 24.7 Å². The molecule has 3 amide bonds. The SMILES string of the molecule is CCOC(=O)CN1C(=O)S/C(=C\c2cccc(Oc3ncnc(OC4CCN(C(=O)O)CC4)c3C)c2)C1=O. The van der Waals surface area contributed by atoms with Crippen LogP contribution >= 0.6 is 11.8 Å². The zero-order chi connectivity index (χ0) is 27.2. The lowest BCUT2D eigenvalue weighted by Gasteiger charge is -2.30. The molecule has 0 atom stereocenters. The van der Waals surface area contributed by atoms with Gasteiger partial charge in [-0.2, -0.15) is 0 Å². The van der Waals surface area contributed by atoms with Crippen molar-refractivity contribution in [3.8, 4) is 17.5 Å². The minimum atomic E-state index is -0.938. The molecule has 2 saturated heterocycles. The Labute approximate surface area is 222 Å². The lowest BCUT2D eigenvalue weighted by atomic mass is 10.1. The lowest BCUT2D eigenvalue weighted by molar-refractivity contribution is -0.145. The van der Waals surface area contributed by atoms with E-state index >= 15 is 0 Å². The summed E-state index contributed by atoms with van der Waals surface area (Å²) in [5.41, 5.74) is 1.19. The van der Waals surface area contributed by atoms with Crippen LogP contribution < -0.4 is 9.47 Å². The highest BCUT2D eigenvalue weighted by Gasteiger charge is 2.36. The van der Waals surface area contributed by atoms with Crippen LogP contribution in [0.2, 0.25) is 0 Å². The van der Waals surface area contributed by atoms with Crippen molar-refractivity contribution < 1.29 is 38.5 Å². The zero-order valence-corrected chi connectivity index (χ0v) is 21.6. The van der Waals surface area contributed by atoms with Crippen LogP contribution in [0.1, 0.15) is 30.9 Å². The van der Waals surface area contributed by atoms with E-state index in [9.17, 15) is 19.2 Å². The topological polar surface area (TPSA) is 148 Å². The third kappa shape index (κ3) is 6.40. The molecule has 3 heterocycles. The van der Waals surface area contributed by atoms with Crippen molar-refractivity contribution >= 4 is 41.0 Å². The summed E-state index contributed by atoms with van der Waals surface area (Å²) in [5, 5.41) is 8.57. The molecule has 2 aliphatic rings. The van der Waals surface area contributed by atoms with E-state index in [1.165, 1.54) is 11.2 Å². The molecule has 4 rings (SSSR count). The van der Waals surface area contributed by atoms with E-state index in [1.54, 1.807) is 44.2 Å². The molecule has 200 valence electrons. The third-order valence-corrected chi connectivity index (χ3v) is 6.73. The number of carboxylic acid groups (broad SMARTS) is 1. The number of aromatic nitrogens is 2. The van der Waals surface area contributed by atoms with Crippen molar-refractivity contribution in [3.63, 3.8) is 0 Å². The van der Waals surface area contributed by atoms with E-state index < -0.39 is 29.8 Å². The van der Waals surface area contributed by atoms with Crippen LogP contribution in [0.3, 0.4) is 0 Å². The smallest absolute Gasteiger partial charge is 0.407 e. The summed E-state index contributed by atoms with van der Waals surface area (Å²) in [6, 6.07) is 6.88. The minimum absolute atomic E-state index is 0.156. The van der Waals surface area contributed by atoms with Gasteiger partial charge in [0.2, 0.25) is 11.8 Å². The van der Waals surface area contributed by atoms with E-state index in [0.717, 1.165) is 16.7 Å². The van der Waals surface area contributed by atoms with Crippen molar-refractivity contribution in [2.75, 3.05) is 26.2 Å². The Bertz CT molecular complexity index is 1280. The van der Waals surface area contributed by atoms with E-state index in [4.69, 9.17) is 19.3 Å². The molecule has 0 saturated carbocycles. The van der Waals surface area contributed by atoms with E-state index in [-0.39, 0.29) is 23.5 Å². The van der Waals surface area contributed by atoms with Crippen LogP contribution in [0.4, 0.5) is 9.59 Å². The van der Waals surface area contributed by atoms with Crippen LogP contribution in [0, 0.1) is 6.92 Å². The number of rotatable bonds is 8. The summed E-state index contributed by atoms with van der Waals surface area (Å²) in [7, 11) is 0. The lowest BCUT2D eigenvalue weighted by Crippen LogP contribution is -2.41. The number of carbonyl (C=O) groups excluding carboxylic acids is 3. The number of ether oxygens (including phenoxy) is 3. The molecule has 1 aromatic carbocycles. The van der Waals surface area contributed by atoms with Crippen LogP contribution in [0.5, 0.6) is 17.5 Å². The summed E-state index contributed by atoms with van der Waals surface area (Å²) in [6.45, 7) is 3.91. The standard InChI is InChI=1S/C25H26N4O8S/c1-3-35-20(30)13-29-23(31)19(38-25(29)34)12-16-5-4-6-18(11-16)37-22-15(2)21(26-14-27-22)36-17-7-9-28(10-8-17)24(32)33/h4-6,11-12,14,17H,3,7-10,13H2,1-2H3,(H,32,33)/b19-12-. The number of amides is 3. The number of benzene rings is 1. The molecular weight excluding hydrogens is 516 g/mol. The molecular formula is C25H26N4O8S. The van der Waals surface area contributed by atoms with Crippen LogP contribution in [-0.2, 0) is 14.3 Å². The fourth-order valence-corrected chi connectivity index (χ4v) is 4.70. The largest absolute Gasteiger partial charge is 0.474 e. The second kappa shape index (κ2) is 11.9. The Morgan fingerprint density at radius 1 is 1.18 bits per heavy atom. The second-order valence-electron chi connectivity index (χ2n) is 8.44. The van der Waals surface area contributed by atoms with Gasteiger partial charge in [0.15, 0.2) is 0 Å². The Kier molecular flexibility index (Phi) is 8.46. The molecule has 2 aliphatic heterocycles. The summed E-state index contributed by atoms with van der Waals surface area (Å²) in [4.78, 5) is 58.5. The first kappa shape index (κ1) is 26.9. The predicted octanol–water partition coefficient (Wildman–Crippen LogP) is 3.70. The second-order valence-corrected chi connectivity index (χ2v) is 9.44. The van der Waals surface area contributed by atoms with Crippen LogP contribution in [-0.4, -0.2) is 80.4 Å². The van der Waals surface area contributed by atoms with Gasteiger partial charge in [-0.1, -0.05) is 12.1 Å². The Morgan fingerprint density at radius 2 is 1.92 bits per heavy atom. The molecule has 38 heavy (non-hydrogen) atoms. The van der Waals surface area contributed by atoms with E-state index in [2.05, 4.69) is 9.97 Å². The van der Waals surface area contributed by atoms with E-state index in [1.807, 2.05) is 0 Å². The summed E-state index contributed by atoms with van der Waals surface area (Å²) in [6.07, 6.45) is 2.88. The number of thioether (sulfide) groups is 1. The molecule has 12 nitrogen and oxygen atoms in total. The highest BCUT2D eigenvalue weighted by molar-refractivity contribution is 8.18. The summed E-state index contributed by atoms with van der Waals surface area (Å²) >= 11 is 0.746. The highest BCUT2D eigenvalue weighted by atomic mass is 32.2. The molecule has 1 aromatic heterocycles. The van der Waals surface area contributed by atoms with Crippen LogP contribution in [0.15, 0.2) is 35.5 Å². The Balaban J connectivity index is 1.43. The molecule has 13 heteroatoms. The summed E-state index contributed by atoms with van der Waals surface area (Å²) < 4.78 is 16.8. The number of nitrogens with zero attached hydrogens (tertiary/aromatic N) is 4. The quantitative estimate of drug-likeness (QED) is 0.384. The van der Waals surface area contributed by atoms with Gasteiger partial charge in [0, 0.05) is 25.9 Å². The van der Waals surface area contributed by atoms with Crippen LogP contribution in [0.25, 0.3) is 6.08 Å². The summed E-state index contributed by atoms with van der Waals surface area (Å²) in [5.74, 6) is -0.144. The van der Waals surface area contributed by atoms with Gasteiger partial charge in [-0.05, 0) is 49.4 Å². The first-order valence-corrected chi connectivity index (χ1v) is 12.7. The monoisotopic (exact) mass is 542 g/mol. The average Bonchev–Trinajstić information content (AvgIpc) is 3.14. The zero-order valence-electron chi connectivity index (χ0n) is 20.8. The molecule has 0 bridgehead atoms. The molecule has 0 radical (unpaired) electrons. The minimum Gasteiger partial charge on any atom is -0.474 e. The van der Waals surface area contributed by atoms with Crippen molar-refractivity contribution in [2.24, 2.45) is 0 Å². The van der Waals surface area contributed by atoms with Gasteiger partial charge in [-0.3, -0.25) is 19.3 Å². The Morgan fingerprint density at radius 3 is 2.63 bits per heavy atom. The highest BCUT2D eigenvalue weighted by Crippen LogP contribution is 2.34. The number of hydrogen-bond acceptors (Lipinski definition) is 10. The van der Waals surface area contributed by atoms with Gasteiger partial charge in [0.25, 0.3) is 11.1 Å². The molecule has 0 spiro atoms.